The molecule has 0 radical (unpaired) electrons. The van der Waals surface area contributed by atoms with Gasteiger partial charge in [-0.25, -0.2) is 0 Å². The second kappa shape index (κ2) is 9.99. The Balaban J connectivity index is 1.80. The lowest BCUT2D eigenvalue weighted by atomic mass is 10.1. The van der Waals surface area contributed by atoms with Crippen molar-refractivity contribution in [2.45, 2.75) is 20.8 Å². The number of hydrogen-bond acceptors (Lipinski definition) is 7. The Hall–Kier alpha value is -3.46. The Morgan fingerprint density at radius 1 is 0.970 bits per heavy atom. The number of aryl methyl sites for hydroxylation is 3. The van der Waals surface area contributed by atoms with E-state index < -0.39 is 17.1 Å². The lowest BCUT2D eigenvalue weighted by Gasteiger charge is -2.16. The molecule has 33 heavy (non-hydrogen) atoms. The molecule has 0 saturated carbocycles. The Morgan fingerprint density at radius 3 is 2.06 bits per heavy atom. The van der Waals surface area contributed by atoms with Crippen LogP contribution in [0.2, 0.25) is 0 Å². The topological polar surface area (TPSA) is 94.2 Å². The van der Waals surface area contributed by atoms with Crippen molar-refractivity contribution < 1.29 is 28.6 Å². The number of carbonyl (C=O) groups is 3. The van der Waals surface area contributed by atoms with Gasteiger partial charge in [0.05, 0.1) is 26.2 Å². The molecule has 8 nitrogen and oxygen atoms in total. The fraction of sp³-hybridized carbons (Fsp3) is 0.292. The van der Waals surface area contributed by atoms with E-state index >= 15 is 0 Å². The first-order valence-electron chi connectivity index (χ1n) is 10.1. The van der Waals surface area contributed by atoms with Crippen LogP contribution in [0.3, 0.4) is 0 Å². The second-order valence-corrected chi connectivity index (χ2v) is 8.54. The molecule has 9 heteroatoms. The van der Waals surface area contributed by atoms with Crippen LogP contribution < -0.4 is 19.5 Å². The summed E-state index contributed by atoms with van der Waals surface area (Å²) in [5.74, 6) is 0.285. The first kappa shape index (κ1) is 24.2. The Morgan fingerprint density at radius 2 is 1.55 bits per heavy atom. The van der Waals surface area contributed by atoms with Gasteiger partial charge in [0.25, 0.3) is 11.1 Å². The van der Waals surface area contributed by atoms with Gasteiger partial charge in [0.1, 0.15) is 6.54 Å². The summed E-state index contributed by atoms with van der Waals surface area (Å²) in [4.78, 5) is 39.1. The molecule has 0 bridgehead atoms. The number of anilines is 1. The molecule has 1 heterocycles. The van der Waals surface area contributed by atoms with E-state index in [2.05, 4.69) is 5.32 Å². The fourth-order valence-corrected chi connectivity index (χ4v) is 4.51. The molecule has 0 atom stereocenters. The van der Waals surface area contributed by atoms with Gasteiger partial charge in [0, 0.05) is 5.69 Å². The Bertz CT molecular complexity index is 1110. The van der Waals surface area contributed by atoms with Crippen molar-refractivity contribution in [2.24, 2.45) is 0 Å². The van der Waals surface area contributed by atoms with Crippen molar-refractivity contribution in [3.63, 3.8) is 0 Å². The van der Waals surface area contributed by atoms with Crippen LogP contribution in [0.5, 0.6) is 17.2 Å². The van der Waals surface area contributed by atoms with E-state index in [0.29, 0.717) is 28.5 Å². The van der Waals surface area contributed by atoms with Crippen LogP contribution >= 0.6 is 11.8 Å². The van der Waals surface area contributed by atoms with Crippen LogP contribution in [0.15, 0.2) is 29.2 Å². The molecule has 1 aliphatic heterocycles. The number of rotatable bonds is 7. The third kappa shape index (κ3) is 5.14. The van der Waals surface area contributed by atoms with Crippen LogP contribution in [0.1, 0.15) is 22.3 Å². The van der Waals surface area contributed by atoms with Gasteiger partial charge in [0.15, 0.2) is 11.5 Å². The zero-order valence-electron chi connectivity index (χ0n) is 19.4. The molecule has 1 saturated heterocycles. The molecule has 1 N–H and O–H groups in total. The number of nitrogens with one attached hydrogen (secondary N) is 1. The van der Waals surface area contributed by atoms with Gasteiger partial charge >= 0.3 is 0 Å². The molecule has 3 amide bonds. The highest BCUT2D eigenvalue weighted by atomic mass is 32.2. The van der Waals surface area contributed by atoms with Crippen LogP contribution in [-0.4, -0.2) is 49.8 Å². The molecule has 2 aromatic rings. The molecule has 3 rings (SSSR count). The highest BCUT2D eigenvalue weighted by Gasteiger charge is 2.36. The first-order chi connectivity index (χ1) is 15.7. The maximum absolute atomic E-state index is 12.9. The van der Waals surface area contributed by atoms with E-state index in [1.165, 1.54) is 21.3 Å². The number of methoxy groups -OCH3 is 3. The average Bonchev–Trinajstić information content (AvgIpc) is 3.02. The molecule has 1 fully saturated rings. The summed E-state index contributed by atoms with van der Waals surface area (Å²) < 4.78 is 16.0. The molecule has 0 aromatic heterocycles. The number of ether oxygens (including phenoxy) is 3. The van der Waals surface area contributed by atoms with Crippen LogP contribution in [0, 0.1) is 20.8 Å². The van der Waals surface area contributed by atoms with Crippen molar-refractivity contribution in [2.75, 3.05) is 33.2 Å². The number of amides is 3. The molecule has 2 aromatic carbocycles. The number of thioether (sulfide) groups is 1. The standard InChI is InChI=1S/C24H26N2O6S/c1-13-7-14(2)21(15(3)8-13)25-20(27)12-26-23(28)19(33-24(26)29)11-16-9-17(30-4)22(32-6)18(10-16)31-5/h7-11H,12H2,1-6H3,(H,25,27)/b19-11+. The molecular formula is C24H26N2O6S. The summed E-state index contributed by atoms with van der Waals surface area (Å²) >= 11 is 0.776. The van der Waals surface area contributed by atoms with Crippen molar-refractivity contribution in [3.8, 4) is 17.2 Å². The van der Waals surface area contributed by atoms with Crippen LogP contribution in [0.25, 0.3) is 6.08 Å². The van der Waals surface area contributed by atoms with Gasteiger partial charge in [0.2, 0.25) is 11.7 Å². The average molecular weight is 471 g/mol. The SMILES string of the molecule is COc1cc(/C=C2/SC(=O)N(CC(=O)Nc3c(C)cc(C)cc3C)C2=O)cc(OC)c1OC. The Labute approximate surface area is 196 Å². The Kier molecular flexibility index (Phi) is 7.33. The predicted molar refractivity (Wildman–Crippen MR) is 128 cm³/mol. The minimum Gasteiger partial charge on any atom is -0.493 e. The monoisotopic (exact) mass is 470 g/mol. The summed E-state index contributed by atoms with van der Waals surface area (Å²) in [6.07, 6.45) is 1.56. The lowest BCUT2D eigenvalue weighted by molar-refractivity contribution is -0.127. The number of benzene rings is 2. The van der Waals surface area contributed by atoms with Crippen LogP contribution in [-0.2, 0) is 9.59 Å². The normalized spacial score (nSPS) is 14.6. The van der Waals surface area contributed by atoms with Crippen molar-refractivity contribution in [3.05, 3.63) is 51.4 Å². The molecule has 1 aliphatic rings. The molecule has 0 spiro atoms. The summed E-state index contributed by atoms with van der Waals surface area (Å²) in [5.41, 5.74) is 4.19. The van der Waals surface area contributed by atoms with Gasteiger partial charge in [-0.3, -0.25) is 19.3 Å². The smallest absolute Gasteiger partial charge is 0.294 e. The van der Waals surface area contributed by atoms with E-state index in [1.807, 2.05) is 32.9 Å². The number of nitrogens with zero attached hydrogens (tertiary/aromatic N) is 1. The summed E-state index contributed by atoms with van der Waals surface area (Å²) in [5, 5.41) is 2.31. The van der Waals surface area contributed by atoms with Crippen molar-refractivity contribution >= 4 is 40.6 Å². The highest BCUT2D eigenvalue weighted by Crippen LogP contribution is 2.40. The van der Waals surface area contributed by atoms with Crippen molar-refractivity contribution in [1.82, 2.24) is 4.90 Å². The van der Waals surface area contributed by atoms with E-state index in [9.17, 15) is 14.4 Å². The zero-order valence-corrected chi connectivity index (χ0v) is 20.2. The quantitative estimate of drug-likeness (QED) is 0.603. The number of carbonyl (C=O) groups excluding carboxylic acids is 3. The summed E-state index contributed by atoms with van der Waals surface area (Å²) in [7, 11) is 4.48. The summed E-state index contributed by atoms with van der Waals surface area (Å²) in [6, 6.07) is 7.27. The first-order valence-corrected chi connectivity index (χ1v) is 10.9. The second-order valence-electron chi connectivity index (χ2n) is 7.55. The third-order valence-corrected chi connectivity index (χ3v) is 6.01. The minimum absolute atomic E-state index is 0.199. The number of hydrogen-bond donors (Lipinski definition) is 1. The zero-order chi connectivity index (χ0) is 24.3. The maximum atomic E-state index is 12.9. The third-order valence-electron chi connectivity index (χ3n) is 5.10. The van der Waals surface area contributed by atoms with Gasteiger partial charge in [-0.15, -0.1) is 0 Å². The van der Waals surface area contributed by atoms with E-state index in [4.69, 9.17) is 14.2 Å². The minimum atomic E-state index is -0.536. The van der Waals surface area contributed by atoms with Gasteiger partial charge < -0.3 is 19.5 Å². The lowest BCUT2D eigenvalue weighted by Crippen LogP contribution is -2.36. The van der Waals surface area contributed by atoms with Crippen molar-refractivity contribution in [1.29, 1.82) is 0 Å². The molecule has 0 unspecified atom stereocenters. The van der Waals surface area contributed by atoms with Gasteiger partial charge in [-0.05, 0) is 67.4 Å². The fourth-order valence-electron chi connectivity index (χ4n) is 3.67. The molecular weight excluding hydrogens is 444 g/mol. The number of imide groups is 1. The maximum Gasteiger partial charge on any atom is 0.294 e. The summed E-state index contributed by atoms with van der Waals surface area (Å²) in [6.45, 7) is 5.40. The van der Waals surface area contributed by atoms with Gasteiger partial charge in [-0.2, -0.15) is 0 Å². The van der Waals surface area contributed by atoms with Crippen LogP contribution in [0.4, 0.5) is 10.5 Å². The van der Waals surface area contributed by atoms with E-state index in [-0.39, 0.29) is 11.4 Å². The largest absolute Gasteiger partial charge is 0.493 e. The highest BCUT2D eigenvalue weighted by molar-refractivity contribution is 8.18. The van der Waals surface area contributed by atoms with Gasteiger partial charge in [-0.1, -0.05) is 17.7 Å². The molecule has 174 valence electrons. The predicted octanol–water partition coefficient (Wildman–Crippen LogP) is 4.31. The van der Waals surface area contributed by atoms with E-state index in [1.54, 1.807) is 18.2 Å². The molecule has 0 aliphatic carbocycles. The van der Waals surface area contributed by atoms with E-state index in [0.717, 1.165) is 33.4 Å².